The van der Waals surface area contributed by atoms with E-state index in [1.807, 2.05) is 30.3 Å². The predicted octanol–water partition coefficient (Wildman–Crippen LogP) is 2.65. The number of carbonyl (C=O) groups is 1. The van der Waals surface area contributed by atoms with Gasteiger partial charge in [0.1, 0.15) is 0 Å². The highest BCUT2D eigenvalue weighted by atomic mass is 16.1. The lowest BCUT2D eigenvalue weighted by Crippen LogP contribution is -2.23. The zero-order chi connectivity index (χ0) is 13.7. The molecule has 98 valence electrons. The first kappa shape index (κ1) is 11.3. The van der Waals surface area contributed by atoms with Crippen LogP contribution >= 0.6 is 0 Å². The number of hydrogen-bond acceptors (Lipinski definition) is 2. The molecule has 1 heterocycles. The second-order valence-electron chi connectivity index (χ2n) is 5.26. The van der Waals surface area contributed by atoms with Crippen LogP contribution < -0.4 is 11.1 Å². The lowest BCUT2D eigenvalue weighted by atomic mass is 9.81. The molecule has 1 unspecified atom stereocenters. The number of rotatable bonds is 1. The van der Waals surface area contributed by atoms with Crippen LogP contribution in [0.3, 0.4) is 0 Å². The van der Waals surface area contributed by atoms with E-state index < -0.39 is 0 Å². The van der Waals surface area contributed by atoms with Gasteiger partial charge in [-0.05, 0) is 22.8 Å². The fourth-order valence-corrected chi connectivity index (χ4v) is 3.28. The van der Waals surface area contributed by atoms with Crippen molar-refractivity contribution in [2.75, 3.05) is 5.32 Å². The van der Waals surface area contributed by atoms with Crippen LogP contribution in [0.25, 0.3) is 5.57 Å². The summed E-state index contributed by atoms with van der Waals surface area (Å²) in [6.45, 7) is 0. The standard InChI is InChI=1S/C17H14N2O/c18-17(20)13-9-10-5-1-2-6-11(10)16-15(13)12-7-3-4-8-14(12)19-16/h1-8,16,19H,9H2,(H2,18,20). The van der Waals surface area contributed by atoms with Crippen molar-refractivity contribution < 1.29 is 4.79 Å². The van der Waals surface area contributed by atoms with E-state index in [2.05, 4.69) is 23.5 Å². The molecule has 1 amide bonds. The zero-order valence-corrected chi connectivity index (χ0v) is 10.9. The smallest absolute Gasteiger partial charge is 0.245 e. The van der Waals surface area contributed by atoms with Gasteiger partial charge in [0.25, 0.3) is 0 Å². The van der Waals surface area contributed by atoms with Gasteiger partial charge < -0.3 is 11.1 Å². The minimum atomic E-state index is -0.321. The summed E-state index contributed by atoms with van der Waals surface area (Å²) in [5, 5.41) is 3.51. The summed E-state index contributed by atoms with van der Waals surface area (Å²) in [4.78, 5) is 11.9. The molecule has 0 aromatic heterocycles. The quantitative estimate of drug-likeness (QED) is 0.830. The Bertz CT molecular complexity index is 761. The lowest BCUT2D eigenvalue weighted by Gasteiger charge is -2.25. The fraction of sp³-hybridized carbons (Fsp3) is 0.118. The largest absolute Gasteiger partial charge is 0.374 e. The minimum Gasteiger partial charge on any atom is -0.374 e. The number of hydrogen-bond donors (Lipinski definition) is 2. The van der Waals surface area contributed by atoms with E-state index in [9.17, 15) is 4.79 Å². The zero-order valence-electron chi connectivity index (χ0n) is 10.9. The van der Waals surface area contributed by atoms with Crippen LogP contribution in [-0.4, -0.2) is 5.91 Å². The maximum Gasteiger partial charge on any atom is 0.245 e. The molecule has 0 saturated heterocycles. The normalized spacial score (nSPS) is 18.9. The van der Waals surface area contributed by atoms with Crippen molar-refractivity contribution in [3.63, 3.8) is 0 Å². The summed E-state index contributed by atoms with van der Waals surface area (Å²) in [7, 11) is 0. The maximum atomic E-state index is 11.9. The Balaban J connectivity index is 2.00. The maximum absolute atomic E-state index is 11.9. The van der Waals surface area contributed by atoms with E-state index in [0.29, 0.717) is 6.42 Å². The third-order valence-corrected chi connectivity index (χ3v) is 4.16. The van der Waals surface area contributed by atoms with Gasteiger partial charge in [0.15, 0.2) is 0 Å². The Morgan fingerprint density at radius 1 is 1.10 bits per heavy atom. The molecule has 3 nitrogen and oxygen atoms in total. The number of anilines is 1. The third-order valence-electron chi connectivity index (χ3n) is 4.16. The monoisotopic (exact) mass is 262 g/mol. The van der Waals surface area contributed by atoms with Gasteiger partial charge in [0.2, 0.25) is 5.91 Å². The highest BCUT2D eigenvalue weighted by molar-refractivity contribution is 6.06. The first-order chi connectivity index (χ1) is 9.75. The second-order valence-corrected chi connectivity index (χ2v) is 5.26. The molecule has 0 bridgehead atoms. The minimum absolute atomic E-state index is 0.0415. The molecule has 0 saturated carbocycles. The van der Waals surface area contributed by atoms with Gasteiger partial charge in [0.05, 0.1) is 6.04 Å². The van der Waals surface area contributed by atoms with Gasteiger partial charge in [-0.3, -0.25) is 4.79 Å². The molecule has 1 aliphatic carbocycles. The molecule has 0 radical (unpaired) electrons. The van der Waals surface area contributed by atoms with Crippen LogP contribution in [0.5, 0.6) is 0 Å². The molecule has 3 N–H and O–H groups in total. The average Bonchev–Trinajstić information content (AvgIpc) is 2.86. The molecule has 0 fully saturated rings. The molecular formula is C17H14N2O. The molecule has 0 spiro atoms. The predicted molar refractivity (Wildman–Crippen MR) is 79.1 cm³/mol. The number of carbonyl (C=O) groups excluding carboxylic acids is 1. The van der Waals surface area contributed by atoms with E-state index in [-0.39, 0.29) is 11.9 Å². The highest BCUT2D eigenvalue weighted by Gasteiger charge is 2.35. The van der Waals surface area contributed by atoms with Crippen molar-refractivity contribution in [3.05, 3.63) is 70.8 Å². The molecule has 20 heavy (non-hydrogen) atoms. The Morgan fingerprint density at radius 2 is 1.85 bits per heavy atom. The van der Waals surface area contributed by atoms with Gasteiger partial charge in [-0.1, -0.05) is 42.5 Å². The van der Waals surface area contributed by atoms with Crippen LogP contribution in [0.1, 0.15) is 22.7 Å². The van der Waals surface area contributed by atoms with E-state index >= 15 is 0 Å². The molecule has 3 heteroatoms. The number of nitrogens with two attached hydrogens (primary N) is 1. The summed E-state index contributed by atoms with van der Waals surface area (Å²) in [5.74, 6) is -0.321. The van der Waals surface area contributed by atoms with Crippen molar-refractivity contribution in [1.29, 1.82) is 0 Å². The van der Waals surface area contributed by atoms with Crippen LogP contribution in [-0.2, 0) is 11.2 Å². The van der Waals surface area contributed by atoms with Crippen molar-refractivity contribution in [2.45, 2.75) is 12.5 Å². The molecule has 4 rings (SSSR count). The van der Waals surface area contributed by atoms with Crippen LogP contribution in [0.2, 0.25) is 0 Å². The number of benzene rings is 2. The van der Waals surface area contributed by atoms with Crippen molar-refractivity contribution in [3.8, 4) is 0 Å². The van der Waals surface area contributed by atoms with E-state index in [1.165, 1.54) is 11.1 Å². The number of fused-ring (bicyclic) bond motifs is 5. The first-order valence-corrected chi connectivity index (χ1v) is 6.72. The summed E-state index contributed by atoms with van der Waals surface area (Å²) in [5.41, 5.74) is 12.0. The number of nitrogens with one attached hydrogen (secondary N) is 1. The lowest BCUT2D eigenvalue weighted by molar-refractivity contribution is -0.114. The van der Waals surface area contributed by atoms with Gasteiger partial charge in [-0.2, -0.15) is 0 Å². The Morgan fingerprint density at radius 3 is 2.70 bits per heavy atom. The van der Waals surface area contributed by atoms with E-state index in [1.54, 1.807) is 0 Å². The number of para-hydroxylation sites is 1. The van der Waals surface area contributed by atoms with Crippen molar-refractivity contribution >= 4 is 17.2 Å². The SMILES string of the molecule is NC(=O)C1=C2c3ccccc3NC2c2ccccc2C1. The van der Waals surface area contributed by atoms with Crippen molar-refractivity contribution in [2.24, 2.45) is 5.73 Å². The Kier molecular flexibility index (Phi) is 2.24. The first-order valence-electron chi connectivity index (χ1n) is 6.72. The van der Waals surface area contributed by atoms with Crippen LogP contribution in [0.4, 0.5) is 5.69 Å². The van der Waals surface area contributed by atoms with Crippen molar-refractivity contribution in [1.82, 2.24) is 0 Å². The molecule has 1 aliphatic heterocycles. The van der Waals surface area contributed by atoms with E-state index in [0.717, 1.165) is 22.4 Å². The van der Waals surface area contributed by atoms with Crippen LogP contribution in [0, 0.1) is 0 Å². The summed E-state index contributed by atoms with van der Waals surface area (Å²) < 4.78 is 0. The van der Waals surface area contributed by atoms with Gasteiger partial charge >= 0.3 is 0 Å². The second kappa shape index (κ2) is 3.97. The number of amides is 1. The molecular weight excluding hydrogens is 248 g/mol. The molecule has 2 aromatic rings. The van der Waals surface area contributed by atoms with Gasteiger partial charge in [-0.25, -0.2) is 0 Å². The molecule has 2 aromatic carbocycles. The third kappa shape index (κ3) is 1.43. The molecule has 2 aliphatic rings. The molecule has 1 atom stereocenters. The average molecular weight is 262 g/mol. The van der Waals surface area contributed by atoms with Gasteiger partial charge in [-0.15, -0.1) is 0 Å². The van der Waals surface area contributed by atoms with Crippen LogP contribution in [0.15, 0.2) is 54.1 Å². The number of primary amides is 1. The van der Waals surface area contributed by atoms with E-state index in [4.69, 9.17) is 5.73 Å². The Labute approximate surface area is 117 Å². The topological polar surface area (TPSA) is 55.1 Å². The summed E-state index contributed by atoms with van der Waals surface area (Å²) >= 11 is 0. The summed E-state index contributed by atoms with van der Waals surface area (Å²) in [6.07, 6.45) is 0.618. The van der Waals surface area contributed by atoms with Gasteiger partial charge in [0, 0.05) is 23.2 Å². The highest BCUT2D eigenvalue weighted by Crippen LogP contribution is 2.48. The fourth-order valence-electron chi connectivity index (χ4n) is 3.28. The summed E-state index contributed by atoms with van der Waals surface area (Å²) in [6, 6.07) is 16.4. The Hall–Kier alpha value is -2.55.